The molecular formula is C16H22N2O3. The molecule has 0 atom stereocenters. The maximum Gasteiger partial charge on any atom is 0.248 e. The molecule has 0 aliphatic carbocycles. The summed E-state index contributed by atoms with van der Waals surface area (Å²) in [5.74, 6) is 0.959. The van der Waals surface area contributed by atoms with Gasteiger partial charge in [0, 0.05) is 32.4 Å². The second kappa shape index (κ2) is 5.56. The summed E-state index contributed by atoms with van der Waals surface area (Å²) in [5.41, 5.74) is 1.07. The van der Waals surface area contributed by atoms with Gasteiger partial charge >= 0.3 is 0 Å². The van der Waals surface area contributed by atoms with Crippen LogP contribution in [0.4, 0.5) is 5.69 Å². The van der Waals surface area contributed by atoms with Gasteiger partial charge in [0.15, 0.2) is 0 Å². The number of carbonyl (C=O) groups excluding carboxylic acids is 1. The number of amides is 1. The largest absolute Gasteiger partial charge is 0.497 e. The molecule has 2 heterocycles. The van der Waals surface area contributed by atoms with Crippen molar-refractivity contribution < 1.29 is 14.3 Å². The highest BCUT2D eigenvalue weighted by molar-refractivity contribution is 5.78. The van der Waals surface area contributed by atoms with E-state index in [1.165, 1.54) is 5.69 Å². The monoisotopic (exact) mass is 290 g/mol. The van der Waals surface area contributed by atoms with Crippen molar-refractivity contribution in [2.45, 2.75) is 18.4 Å². The minimum absolute atomic E-state index is 0.0817. The second-order valence-corrected chi connectivity index (χ2v) is 5.91. The van der Waals surface area contributed by atoms with Gasteiger partial charge in [0.25, 0.3) is 0 Å². The Morgan fingerprint density at radius 1 is 1.19 bits per heavy atom. The van der Waals surface area contributed by atoms with Crippen molar-refractivity contribution >= 4 is 11.6 Å². The molecule has 2 aliphatic rings. The number of hydrogen-bond donors (Lipinski definition) is 0. The Kier molecular flexibility index (Phi) is 3.76. The third kappa shape index (κ3) is 2.83. The second-order valence-electron chi connectivity index (χ2n) is 5.91. The molecule has 0 saturated carbocycles. The predicted molar refractivity (Wildman–Crippen MR) is 80.8 cm³/mol. The van der Waals surface area contributed by atoms with Gasteiger partial charge in [0.05, 0.1) is 12.7 Å². The quantitative estimate of drug-likeness (QED) is 0.828. The Morgan fingerprint density at radius 3 is 2.43 bits per heavy atom. The molecule has 2 fully saturated rings. The van der Waals surface area contributed by atoms with Crippen LogP contribution in [0.15, 0.2) is 24.3 Å². The number of likely N-dealkylation sites (N-methyl/N-ethyl adjacent to an activating group) is 1. The number of morpholine rings is 1. The molecule has 1 amide bonds. The van der Waals surface area contributed by atoms with Crippen LogP contribution in [0.2, 0.25) is 0 Å². The van der Waals surface area contributed by atoms with Crippen LogP contribution in [0.5, 0.6) is 5.75 Å². The van der Waals surface area contributed by atoms with Crippen LogP contribution in [0.3, 0.4) is 0 Å². The number of piperidine rings is 1. The third-order valence-corrected chi connectivity index (χ3v) is 4.57. The van der Waals surface area contributed by atoms with Gasteiger partial charge in [0.2, 0.25) is 5.91 Å². The van der Waals surface area contributed by atoms with E-state index in [9.17, 15) is 4.79 Å². The van der Waals surface area contributed by atoms with E-state index in [4.69, 9.17) is 9.47 Å². The van der Waals surface area contributed by atoms with E-state index in [0.29, 0.717) is 6.54 Å². The molecule has 0 radical (unpaired) electrons. The number of benzene rings is 1. The van der Waals surface area contributed by atoms with Gasteiger partial charge < -0.3 is 19.3 Å². The first-order valence-electron chi connectivity index (χ1n) is 7.39. The van der Waals surface area contributed by atoms with Gasteiger partial charge in [-0.3, -0.25) is 4.79 Å². The molecule has 5 nitrogen and oxygen atoms in total. The van der Waals surface area contributed by atoms with E-state index in [1.807, 2.05) is 19.2 Å². The first-order valence-corrected chi connectivity index (χ1v) is 7.39. The number of nitrogens with zero attached hydrogens (tertiary/aromatic N) is 2. The maximum atomic E-state index is 11.5. The van der Waals surface area contributed by atoms with Crippen LogP contribution in [0.1, 0.15) is 12.8 Å². The molecule has 5 heteroatoms. The number of methoxy groups -OCH3 is 1. The summed E-state index contributed by atoms with van der Waals surface area (Å²) in [6.07, 6.45) is 1.91. The number of anilines is 1. The molecule has 1 aromatic rings. The van der Waals surface area contributed by atoms with Crippen LogP contribution in [-0.2, 0) is 9.53 Å². The van der Waals surface area contributed by atoms with Gasteiger partial charge in [-0.1, -0.05) is 0 Å². The molecule has 21 heavy (non-hydrogen) atoms. The summed E-state index contributed by atoms with van der Waals surface area (Å²) in [4.78, 5) is 15.7. The number of rotatable bonds is 2. The van der Waals surface area contributed by atoms with Crippen molar-refractivity contribution in [3.8, 4) is 5.75 Å². The van der Waals surface area contributed by atoms with Gasteiger partial charge in [0.1, 0.15) is 12.4 Å². The van der Waals surface area contributed by atoms with Gasteiger partial charge in [-0.25, -0.2) is 0 Å². The summed E-state index contributed by atoms with van der Waals surface area (Å²) in [6.45, 7) is 2.84. The van der Waals surface area contributed by atoms with Crippen molar-refractivity contribution in [1.82, 2.24) is 4.90 Å². The lowest BCUT2D eigenvalue weighted by Crippen LogP contribution is -2.57. The summed E-state index contributed by atoms with van der Waals surface area (Å²) >= 11 is 0. The molecular weight excluding hydrogens is 268 g/mol. The van der Waals surface area contributed by atoms with Crippen LogP contribution in [0.25, 0.3) is 0 Å². The number of carbonyl (C=O) groups is 1. The van der Waals surface area contributed by atoms with Gasteiger partial charge in [-0.05, 0) is 37.1 Å². The minimum Gasteiger partial charge on any atom is -0.497 e. The Morgan fingerprint density at radius 2 is 1.86 bits per heavy atom. The molecule has 1 spiro atoms. The topological polar surface area (TPSA) is 42.0 Å². The van der Waals surface area contributed by atoms with Crippen LogP contribution >= 0.6 is 0 Å². The predicted octanol–water partition coefficient (Wildman–Crippen LogP) is 1.52. The van der Waals surface area contributed by atoms with E-state index in [-0.39, 0.29) is 18.1 Å². The molecule has 0 unspecified atom stereocenters. The smallest absolute Gasteiger partial charge is 0.248 e. The summed E-state index contributed by atoms with van der Waals surface area (Å²) < 4.78 is 11.1. The zero-order valence-electron chi connectivity index (χ0n) is 12.7. The molecule has 0 bridgehead atoms. The Labute approximate surface area is 125 Å². The Bertz CT molecular complexity index is 507. The first kappa shape index (κ1) is 14.2. The highest BCUT2D eigenvalue weighted by Crippen LogP contribution is 2.32. The van der Waals surface area contributed by atoms with E-state index in [1.54, 1.807) is 12.0 Å². The van der Waals surface area contributed by atoms with E-state index < -0.39 is 0 Å². The average molecular weight is 290 g/mol. The molecule has 0 N–H and O–H groups in total. The fraction of sp³-hybridized carbons (Fsp3) is 0.562. The minimum atomic E-state index is -0.147. The Hall–Kier alpha value is -1.75. The average Bonchev–Trinajstić information content (AvgIpc) is 2.52. The first-order chi connectivity index (χ1) is 10.1. The van der Waals surface area contributed by atoms with E-state index in [2.05, 4.69) is 17.0 Å². The number of ether oxygens (including phenoxy) is 2. The van der Waals surface area contributed by atoms with Crippen molar-refractivity contribution in [2.24, 2.45) is 0 Å². The molecule has 3 rings (SSSR count). The van der Waals surface area contributed by atoms with E-state index in [0.717, 1.165) is 31.7 Å². The van der Waals surface area contributed by atoms with Crippen molar-refractivity contribution in [3.63, 3.8) is 0 Å². The van der Waals surface area contributed by atoms with Crippen molar-refractivity contribution in [1.29, 1.82) is 0 Å². The summed E-state index contributed by atoms with van der Waals surface area (Å²) in [7, 11) is 3.54. The fourth-order valence-corrected chi connectivity index (χ4v) is 3.16. The summed E-state index contributed by atoms with van der Waals surface area (Å²) in [6, 6.07) is 8.16. The lowest BCUT2D eigenvalue weighted by Gasteiger charge is -2.46. The van der Waals surface area contributed by atoms with Crippen LogP contribution < -0.4 is 9.64 Å². The van der Waals surface area contributed by atoms with Gasteiger partial charge in [-0.15, -0.1) is 0 Å². The molecule has 2 aliphatic heterocycles. The lowest BCUT2D eigenvalue weighted by molar-refractivity contribution is -0.164. The van der Waals surface area contributed by atoms with E-state index >= 15 is 0 Å². The summed E-state index contributed by atoms with van der Waals surface area (Å²) in [5, 5.41) is 0. The van der Waals surface area contributed by atoms with Gasteiger partial charge in [-0.2, -0.15) is 0 Å². The number of hydrogen-bond acceptors (Lipinski definition) is 4. The lowest BCUT2D eigenvalue weighted by atomic mass is 9.89. The zero-order chi connectivity index (χ0) is 14.9. The van der Waals surface area contributed by atoms with Crippen molar-refractivity contribution in [3.05, 3.63) is 24.3 Å². The standard InChI is InChI=1S/C16H22N2O3/c1-17-12-16(21-11-15(17)19)7-9-18(10-8-16)13-3-5-14(20-2)6-4-13/h3-6H,7-12H2,1-2H3. The molecule has 2 saturated heterocycles. The Balaban J connectivity index is 1.63. The zero-order valence-corrected chi connectivity index (χ0v) is 12.7. The van der Waals surface area contributed by atoms with Crippen molar-refractivity contribution in [2.75, 3.05) is 45.3 Å². The SMILES string of the molecule is COc1ccc(N2CCC3(CC2)CN(C)C(=O)CO3)cc1. The fourth-order valence-electron chi connectivity index (χ4n) is 3.16. The molecule has 114 valence electrons. The normalized spacial score (nSPS) is 21.7. The maximum absolute atomic E-state index is 11.5. The molecule has 0 aromatic heterocycles. The van der Waals surface area contributed by atoms with Crippen LogP contribution in [0, 0.1) is 0 Å². The highest BCUT2D eigenvalue weighted by Gasteiger charge is 2.41. The van der Waals surface area contributed by atoms with Crippen LogP contribution in [-0.4, -0.2) is 56.8 Å². The third-order valence-electron chi connectivity index (χ3n) is 4.57. The molecule has 1 aromatic carbocycles. The highest BCUT2D eigenvalue weighted by atomic mass is 16.5.